The van der Waals surface area contributed by atoms with Crippen LogP contribution in [0.25, 0.3) is 0 Å². The summed E-state index contributed by atoms with van der Waals surface area (Å²) in [6.07, 6.45) is 2.44. The molecule has 1 aliphatic heterocycles. The van der Waals surface area contributed by atoms with Crippen molar-refractivity contribution in [3.05, 3.63) is 54.1 Å². The second-order valence-electron chi connectivity index (χ2n) is 6.88. The first kappa shape index (κ1) is 21.1. The highest BCUT2D eigenvalue weighted by Gasteiger charge is 2.30. The zero-order chi connectivity index (χ0) is 20.7. The van der Waals surface area contributed by atoms with Crippen LogP contribution in [0.1, 0.15) is 29.6 Å². The van der Waals surface area contributed by atoms with Crippen LogP contribution in [0, 0.1) is 0 Å². The summed E-state index contributed by atoms with van der Waals surface area (Å²) in [5, 5.41) is 6.12. The summed E-state index contributed by atoms with van der Waals surface area (Å²) >= 11 is 0. The lowest BCUT2D eigenvalue weighted by atomic mass is 10.2. The molecular weight excluding hydrogens is 390 g/mol. The van der Waals surface area contributed by atoms with E-state index >= 15 is 0 Å². The minimum Gasteiger partial charge on any atom is -0.495 e. The topological polar surface area (TPSA) is 87.7 Å². The molecule has 1 aliphatic rings. The Bertz CT molecular complexity index is 926. The predicted octanol–water partition coefficient (Wildman–Crippen LogP) is 2.71. The van der Waals surface area contributed by atoms with E-state index in [2.05, 4.69) is 10.6 Å². The monoisotopic (exact) mass is 417 g/mol. The van der Waals surface area contributed by atoms with Crippen LogP contribution in [-0.4, -0.2) is 51.9 Å². The zero-order valence-electron chi connectivity index (χ0n) is 16.6. The van der Waals surface area contributed by atoms with Crippen LogP contribution in [0.5, 0.6) is 5.75 Å². The molecule has 1 saturated heterocycles. The molecule has 0 bridgehead atoms. The number of rotatable bonds is 9. The van der Waals surface area contributed by atoms with Gasteiger partial charge >= 0.3 is 0 Å². The number of nitrogens with one attached hydrogen (secondary N) is 2. The summed E-state index contributed by atoms with van der Waals surface area (Å²) in [6.45, 7) is 2.20. The van der Waals surface area contributed by atoms with Gasteiger partial charge in [0.05, 0.1) is 7.11 Å². The zero-order valence-corrected chi connectivity index (χ0v) is 17.4. The van der Waals surface area contributed by atoms with E-state index in [9.17, 15) is 13.2 Å². The maximum absolute atomic E-state index is 12.9. The van der Waals surface area contributed by atoms with Crippen molar-refractivity contribution in [1.82, 2.24) is 9.62 Å². The van der Waals surface area contributed by atoms with Gasteiger partial charge in [0.1, 0.15) is 10.6 Å². The Balaban J connectivity index is 1.60. The molecule has 8 heteroatoms. The molecule has 156 valence electrons. The number of nitrogens with zero attached hydrogens (tertiary/aromatic N) is 1. The lowest BCUT2D eigenvalue weighted by molar-refractivity contribution is 0.0953. The number of carbonyl (C=O) groups excluding carboxylic acids is 1. The molecule has 2 aromatic rings. The van der Waals surface area contributed by atoms with Gasteiger partial charge in [-0.15, -0.1) is 0 Å². The normalized spacial score (nSPS) is 14.5. The number of carbonyl (C=O) groups is 1. The molecule has 1 heterocycles. The van der Waals surface area contributed by atoms with E-state index in [1.54, 1.807) is 6.07 Å². The van der Waals surface area contributed by atoms with E-state index in [1.807, 2.05) is 30.3 Å². The Morgan fingerprint density at radius 2 is 1.79 bits per heavy atom. The van der Waals surface area contributed by atoms with Gasteiger partial charge in [-0.1, -0.05) is 18.2 Å². The highest BCUT2D eigenvalue weighted by molar-refractivity contribution is 7.89. The van der Waals surface area contributed by atoms with Crippen molar-refractivity contribution in [3.63, 3.8) is 0 Å². The molecule has 0 unspecified atom stereocenters. The van der Waals surface area contributed by atoms with Crippen molar-refractivity contribution in [3.8, 4) is 5.75 Å². The molecule has 2 N–H and O–H groups in total. The number of sulfonamides is 1. The fourth-order valence-corrected chi connectivity index (χ4v) is 4.97. The van der Waals surface area contributed by atoms with Crippen molar-refractivity contribution >= 4 is 21.6 Å². The smallest absolute Gasteiger partial charge is 0.251 e. The molecule has 29 heavy (non-hydrogen) atoms. The van der Waals surface area contributed by atoms with E-state index in [1.165, 1.54) is 23.5 Å². The summed E-state index contributed by atoms with van der Waals surface area (Å²) in [5.74, 6) is -0.0502. The molecule has 2 aromatic carbocycles. The molecule has 1 amide bonds. The molecule has 0 spiro atoms. The summed E-state index contributed by atoms with van der Waals surface area (Å²) in [7, 11) is -2.25. The molecule has 0 aliphatic carbocycles. The molecule has 0 atom stereocenters. The van der Waals surface area contributed by atoms with Crippen LogP contribution < -0.4 is 15.4 Å². The molecule has 7 nitrogen and oxygen atoms in total. The molecule has 0 radical (unpaired) electrons. The van der Waals surface area contributed by atoms with Crippen LogP contribution in [-0.2, 0) is 10.0 Å². The molecule has 0 saturated carbocycles. The number of para-hydroxylation sites is 1. The van der Waals surface area contributed by atoms with Gasteiger partial charge in [-0.25, -0.2) is 8.42 Å². The summed E-state index contributed by atoms with van der Waals surface area (Å²) in [5.41, 5.74) is 1.34. The van der Waals surface area contributed by atoms with Crippen LogP contribution >= 0.6 is 0 Å². The lowest BCUT2D eigenvalue weighted by Gasteiger charge is -2.18. The van der Waals surface area contributed by atoms with Gasteiger partial charge in [0.2, 0.25) is 10.0 Å². The minimum absolute atomic E-state index is 0.0419. The number of amides is 1. The van der Waals surface area contributed by atoms with Crippen molar-refractivity contribution < 1.29 is 17.9 Å². The standard InChI is InChI=1S/C21H27N3O4S/c1-28-19-11-10-17(16-20(19)29(26,27)24-14-5-6-15-24)21(25)23-13-7-12-22-18-8-3-2-4-9-18/h2-4,8-11,16,22H,5-7,12-15H2,1H3,(H,23,25). The summed E-state index contributed by atoms with van der Waals surface area (Å²) in [6, 6.07) is 14.4. The van der Waals surface area contributed by atoms with E-state index in [4.69, 9.17) is 4.74 Å². The SMILES string of the molecule is COc1ccc(C(=O)NCCCNc2ccccc2)cc1S(=O)(=O)N1CCCC1. The van der Waals surface area contributed by atoms with Crippen molar-refractivity contribution in [2.75, 3.05) is 38.6 Å². The third kappa shape index (κ3) is 5.27. The molecule has 3 rings (SSSR count). The van der Waals surface area contributed by atoms with Gasteiger partial charge in [0.15, 0.2) is 0 Å². The number of anilines is 1. The first-order valence-corrected chi connectivity index (χ1v) is 11.2. The van der Waals surface area contributed by atoms with Crippen molar-refractivity contribution in [1.29, 1.82) is 0 Å². The Hall–Kier alpha value is -2.58. The van der Waals surface area contributed by atoms with E-state index < -0.39 is 10.0 Å². The van der Waals surface area contributed by atoms with Crippen LogP contribution in [0.2, 0.25) is 0 Å². The largest absolute Gasteiger partial charge is 0.495 e. The lowest BCUT2D eigenvalue weighted by Crippen LogP contribution is -2.29. The third-order valence-electron chi connectivity index (χ3n) is 4.85. The van der Waals surface area contributed by atoms with E-state index in [0.29, 0.717) is 25.2 Å². The Labute approximate surface area is 172 Å². The predicted molar refractivity (Wildman–Crippen MR) is 113 cm³/mol. The van der Waals surface area contributed by atoms with Crippen molar-refractivity contribution in [2.24, 2.45) is 0 Å². The highest BCUT2D eigenvalue weighted by atomic mass is 32.2. The number of hydrogen-bond acceptors (Lipinski definition) is 5. The Morgan fingerprint density at radius 3 is 2.48 bits per heavy atom. The maximum atomic E-state index is 12.9. The second kappa shape index (κ2) is 9.76. The number of ether oxygens (including phenoxy) is 1. The van der Waals surface area contributed by atoms with Gasteiger partial charge in [0.25, 0.3) is 5.91 Å². The average molecular weight is 418 g/mol. The minimum atomic E-state index is -3.68. The number of methoxy groups -OCH3 is 1. The van der Waals surface area contributed by atoms with Crippen LogP contribution in [0.15, 0.2) is 53.4 Å². The van der Waals surface area contributed by atoms with Gasteiger partial charge in [-0.2, -0.15) is 4.31 Å². The first-order valence-electron chi connectivity index (χ1n) is 9.77. The maximum Gasteiger partial charge on any atom is 0.251 e. The van der Waals surface area contributed by atoms with E-state index in [-0.39, 0.29) is 16.6 Å². The number of benzene rings is 2. The van der Waals surface area contributed by atoms with Crippen LogP contribution in [0.4, 0.5) is 5.69 Å². The average Bonchev–Trinajstić information content (AvgIpc) is 3.29. The fraction of sp³-hybridized carbons (Fsp3) is 0.381. The van der Waals surface area contributed by atoms with Gasteiger partial charge in [-0.3, -0.25) is 4.79 Å². The molecule has 1 fully saturated rings. The van der Waals surface area contributed by atoms with Gasteiger partial charge in [0, 0.05) is 37.4 Å². The van der Waals surface area contributed by atoms with Crippen molar-refractivity contribution in [2.45, 2.75) is 24.2 Å². The van der Waals surface area contributed by atoms with Gasteiger partial charge in [-0.05, 0) is 49.6 Å². The molecular formula is C21H27N3O4S. The van der Waals surface area contributed by atoms with E-state index in [0.717, 1.165) is 31.5 Å². The fourth-order valence-electron chi connectivity index (χ4n) is 3.27. The Morgan fingerprint density at radius 1 is 1.07 bits per heavy atom. The molecule has 0 aromatic heterocycles. The quantitative estimate of drug-likeness (QED) is 0.613. The third-order valence-corrected chi connectivity index (χ3v) is 6.77. The van der Waals surface area contributed by atoms with Crippen LogP contribution in [0.3, 0.4) is 0 Å². The summed E-state index contributed by atoms with van der Waals surface area (Å²) < 4.78 is 32.5. The first-order chi connectivity index (χ1) is 14.0. The summed E-state index contributed by atoms with van der Waals surface area (Å²) in [4.78, 5) is 12.5. The number of hydrogen-bond donors (Lipinski definition) is 2. The van der Waals surface area contributed by atoms with Gasteiger partial charge < -0.3 is 15.4 Å². The second-order valence-corrected chi connectivity index (χ2v) is 8.79. The highest BCUT2D eigenvalue weighted by Crippen LogP contribution is 2.29. The Kier molecular flexibility index (Phi) is 7.11.